The van der Waals surface area contributed by atoms with Crippen LogP contribution in [0, 0.1) is 6.92 Å². The van der Waals surface area contributed by atoms with Crippen LogP contribution in [0.1, 0.15) is 16.7 Å². The van der Waals surface area contributed by atoms with E-state index in [0.717, 1.165) is 11.1 Å². The first-order chi connectivity index (χ1) is 15.9. The van der Waals surface area contributed by atoms with Gasteiger partial charge in [0.1, 0.15) is 12.4 Å². The molecular formula is C24H21BrCl2N2O4. The van der Waals surface area contributed by atoms with Crippen LogP contribution in [0.4, 0.5) is 0 Å². The van der Waals surface area contributed by atoms with Crippen molar-refractivity contribution in [3.8, 4) is 17.2 Å². The van der Waals surface area contributed by atoms with Gasteiger partial charge in [0.25, 0.3) is 5.91 Å². The Balaban J connectivity index is 1.60. The lowest BCUT2D eigenvalue weighted by molar-refractivity contribution is -0.123. The van der Waals surface area contributed by atoms with Crippen LogP contribution in [0.15, 0.2) is 64.2 Å². The highest BCUT2D eigenvalue weighted by molar-refractivity contribution is 9.10. The summed E-state index contributed by atoms with van der Waals surface area (Å²) in [5.41, 5.74) is 4.95. The van der Waals surface area contributed by atoms with E-state index in [2.05, 4.69) is 26.5 Å². The quantitative estimate of drug-likeness (QED) is 0.254. The van der Waals surface area contributed by atoms with E-state index in [-0.39, 0.29) is 19.1 Å². The Morgan fingerprint density at radius 3 is 2.58 bits per heavy atom. The standard InChI is InChI=1S/C24H21BrCl2N2O4/c1-15-5-3-4-6-21(15)32-14-23(30)29-28-12-17-9-18(25)24(22(11-17)31-2)33-13-16-7-8-19(26)20(27)10-16/h3-12H,13-14H2,1-2H3,(H,29,30). The van der Waals surface area contributed by atoms with Gasteiger partial charge in [0.2, 0.25) is 0 Å². The Hall–Kier alpha value is -2.74. The highest BCUT2D eigenvalue weighted by atomic mass is 79.9. The van der Waals surface area contributed by atoms with Crippen molar-refractivity contribution < 1.29 is 19.0 Å². The van der Waals surface area contributed by atoms with Crippen LogP contribution in [-0.2, 0) is 11.4 Å². The molecule has 3 aromatic carbocycles. The fourth-order valence-corrected chi connectivity index (χ4v) is 3.71. The summed E-state index contributed by atoms with van der Waals surface area (Å²) in [7, 11) is 1.54. The first kappa shape index (κ1) is 24.9. The number of hydrazone groups is 1. The van der Waals surface area contributed by atoms with Gasteiger partial charge >= 0.3 is 0 Å². The second kappa shape index (κ2) is 11.9. The number of amides is 1. The molecule has 6 nitrogen and oxygen atoms in total. The molecule has 3 aromatic rings. The number of aryl methyl sites for hydroxylation is 1. The summed E-state index contributed by atoms with van der Waals surface area (Å²) in [6, 6.07) is 16.3. The number of rotatable bonds is 9. The topological polar surface area (TPSA) is 69.2 Å². The molecule has 33 heavy (non-hydrogen) atoms. The van der Waals surface area contributed by atoms with Crippen LogP contribution < -0.4 is 19.6 Å². The van der Waals surface area contributed by atoms with Gasteiger partial charge in [-0.1, -0.05) is 47.5 Å². The number of benzene rings is 3. The largest absolute Gasteiger partial charge is 0.493 e. The summed E-state index contributed by atoms with van der Waals surface area (Å²) in [6.45, 7) is 2.04. The Bertz CT molecular complexity index is 1170. The minimum atomic E-state index is -0.373. The molecule has 0 aromatic heterocycles. The number of carbonyl (C=O) groups excluding carboxylic acids is 1. The molecule has 0 atom stereocenters. The summed E-state index contributed by atoms with van der Waals surface area (Å²) >= 11 is 15.5. The van der Waals surface area contributed by atoms with Crippen molar-refractivity contribution in [3.63, 3.8) is 0 Å². The summed E-state index contributed by atoms with van der Waals surface area (Å²) in [5.74, 6) is 1.31. The number of hydrogen-bond acceptors (Lipinski definition) is 5. The Kier molecular flexibility index (Phi) is 9.00. The predicted octanol–water partition coefficient (Wildman–Crippen LogP) is 6.18. The summed E-state index contributed by atoms with van der Waals surface area (Å²) in [5, 5.41) is 4.93. The smallest absolute Gasteiger partial charge is 0.277 e. The van der Waals surface area contributed by atoms with E-state index < -0.39 is 0 Å². The number of para-hydroxylation sites is 1. The van der Waals surface area contributed by atoms with Gasteiger partial charge < -0.3 is 14.2 Å². The molecular weight excluding hydrogens is 531 g/mol. The van der Waals surface area contributed by atoms with E-state index in [1.807, 2.05) is 31.2 Å². The summed E-state index contributed by atoms with van der Waals surface area (Å²) < 4.78 is 17.5. The number of hydrogen-bond donors (Lipinski definition) is 1. The predicted molar refractivity (Wildman–Crippen MR) is 134 cm³/mol. The van der Waals surface area contributed by atoms with Crippen molar-refractivity contribution in [1.82, 2.24) is 5.43 Å². The van der Waals surface area contributed by atoms with Crippen molar-refractivity contribution >= 4 is 51.3 Å². The van der Waals surface area contributed by atoms with E-state index in [1.54, 1.807) is 37.4 Å². The van der Waals surface area contributed by atoms with Gasteiger partial charge in [0.15, 0.2) is 18.1 Å². The molecule has 1 N–H and O–H groups in total. The van der Waals surface area contributed by atoms with Crippen LogP contribution in [0.2, 0.25) is 10.0 Å². The van der Waals surface area contributed by atoms with Gasteiger partial charge in [-0.05, 0) is 69.9 Å². The number of ether oxygens (including phenoxy) is 3. The van der Waals surface area contributed by atoms with Gasteiger partial charge in [-0.15, -0.1) is 0 Å². The van der Waals surface area contributed by atoms with Gasteiger partial charge in [-0.25, -0.2) is 5.43 Å². The zero-order valence-corrected chi connectivity index (χ0v) is 21.0. The molecule has 0 saturated heterocycles. The van der Waals surface area contributed by atoms with Crippen molar-refractivity contribution in [2.45, 2.75) is 13.5 Å². The summed E-state index contributed by atoms with van der Waals surface area (Å²) in [6.07, 6.45) is 1.50. The maximum Gasteiger partial charge on any atom is 0.277 e. The van der Waals surface area contributed by atoms with Crippen LogP contribution in [0.25, 0.3) is 0 Å². The minimum Gasteiger partial charge on any atom is -0.493 e. The number of carbonyl (C=O) groups is 1. The molecule has 0 spiro atoms. The zero-order valence-electron chi connectivity index (χ0n) is 17.9. The summed E-state index contributed by atoms with van der Waals surface area (Å²) in [4.78, 5) is 12.0. The molecule has 0 saturated carbocycles. The first-order valence-corrected chi connectivity index (χ1v) is 11.4. The molecule has 0 aliphatic heterocycles. The number of nitrogens with zero attached hydrogens (tertiary/aromatic N) is 1. The average Bonchev–Trinajstić information content (AvgIpc) is 2.79. The van der Waals surface area contributed by atoms with Crippen molar-refractivity contribution in [1.29, 1.82) is 0 Å². The van der Waals surface area contributed by atoms with Crippen molar-refractivity contribution in [3.05, 3.63) is 85.8 Å². The lowest BCUT2D eigenvalue weighted by atomic mass is 10.2. The van der Waals surface area contributed by atoms with Crippen LogP contribution in [0.5, 0.6) is 17.2 Å². The molecule has 9 heteroatoms. The molecule has 0 radical (unpaired) electrons. The van der Waals surface area contributed by atoms with Gasteiger partial charge in [-0.3, -0.25) is 4.79 Å². The van der Waals surface area contributed by atoms with Crippen molar-refractivity contribution in [2.75, 3.05) is 13.7 Å². The van der Waals surface area contributed by atoms with Crippen LogP contribution in [-0.4, -0.2) is 25.8 Å². The lowest BCUT2D eigenvalue weighted by Crippen LogP contribution is -2.24. The molecule has 1 amide bonds. The Morgan fingerprint density at radius 1 is 1.06 bits per heavy atom. The highest BCUT2D eigenvalue weighted by Crippen LogP contribution is 2.37. The molecule has 0 heterocycles. The normalized spacial score (nSPS) is 10.8. The first-order valence-electron chi connectivity index (χ1n) is 9.82. The number of methoxy groups -OCH3 is 1. The van der Waals surface area contributed by atoms with Gasteiger partial charge in [-0.2, -0.15) is 5.10 Å². The maximum atomic E-state index is 12.0. The number of halogens is 3. The molecule has 0 fully saturated rings. The third-order valence-electron chi connectivity index (χ3n) is 4.47. The van der Waals surface area contributed by atoms with E-state index in [0.29, 0.717) is 37.3 Å². The van der Waals surface area contributed by atoms with E-state index in [1.165, 1.54) is 6.21 Å². The fraction of sp³-hybridized carbons (Fsp3) is 0.167. The van der Waals surface area contributed by atoms with Crippen molar-refractivity contribution in [2.24, 2.45) is 5.10 Å². The van der Waals surface area contributed by atoms with Gasteiger partial charge in [0.05, 0.1) is 27.8 Å². The third-order valence-corrected chi connectivity index (χ3v) is 5.80. The number of nitrogens with one attached hydrogen (secondary N) is 1. The Morgan fingerprint density at radius 2 is 1.85 bits per heavy atom. The highest BCUT2D eigenvalue weighted by Gasteiger charge is 2.12. The molecule has 0 bridgehead atoms. The average molecular weight is 552 g/mol. The van der Waals surface area contributed by atoms with Crippen LogP contribution >= 0.6 is 39.1 Å². The Labute approximate surface area is 210 Å². The van der Waals surface area contributed by atoms with Crippen LogP contribution in [0.3, 0.4) is 0 Å². The van der Waals surface area contributed by atoms with E-state index >= 15 is 0 Å². The monoisotopic (exact) mass is 550 g/mol. The third kappa shape index (κ3) is 7.12. The molecule has 0 aliphatic carbocycles. The molecule has 0 aliphatic rings. The second-order valence-corrected chi connectivity index (χ2v) is 8.59. The van der Waals surface area contributed by atoms with Gasteiger partial charge in [0, 0.05) is 0 Å². The maximum absolute atomic E-state index is 12.0. The molecule has 172 valence electrons. The fourth-order valence-electron chi connectivity index (χ4n) is 2.81. The molecule has 0 unspecified atom stereocenters. The second-order valence-electron chi connectivity index (χ2n) is 6.92. The van der Waals surface area contributed by atoms with E-state index in [4.69, 9.17) is 37.4 Å². The molecule has 3 rings (SSSR count). The minimum absolute atomic E-state index is 0.142. The SMILES string of the molecule is COc1cc(C=NNC(=O)COc2ccccc2C)cc(Br)c1OCc1ccc(Cl)c(Cl)c1. The zero-order chi connectivity index (χ0) is 23.8. The lowest BCUT2D eigenvalue weighted by Gasteiger charge is -2.14. The van der Waals surface area contributed by atoms with E-state index in [9.17, 15) is 4.79 Å².